The highest BCUT2D eigenvalue weighted by atomic mass is 16.2. The summed E-state index contributed by atoms with van der Waals surface area (Å²) in [6.07, 6.45) is 14.8. The van der Waals surface area contributed by atoms with Crippen molar-refractivity contribution in [1.29, 1.82) is 0 Å². The normalized spacial score (nSPS) is 10.9. The Morgan fingerprint density at radius 3 is 2.06 bits per heavy atom. The van der Waals surface area contributed by atoms with Crippen LogP contribution in [0.1, 0.15) is 78.1 Å². The molecule has 0 aromatic heterocycles. The summed E-state index contributed by atoms with van der Waals surface area (Å²) >= 11 is 0. The van der Waals surface area contributed by atoms with Gasteiger partial charge in [0.15, 0.2) is 0 Å². The molecule has 3 nitrogen and oxygen atoms in total. The molecule has 0 fully saturated rings. The summed E-state index contributed by atoms with van der Waals surface area (Å²) in [7, 11) is 0. The van der Waals surface area contributed by atoms with E-state index in [0.717, 1.165) is 6.42 Å². The summed E-state index contributed by atoms with van der Waals surface area (Å²) in [5.74, 6) is -0.103. The number of unbranched alkanes of at least 4 members (excludes halogenated alkanes) is 9. The maximum absolute atomic E-state index is 10.5. The molecule has 0 aliphatic rings. The quantitative estimate of drug-likeness (QED) is 0.331. The topological polar surface area (TPSA) is 41.5 Å². The van der Waals surface area contributed by atoms with Crippen molar-refractivity contribution in [2.45, 2.75) is 78.1 Å². The van der Waals surface area contributed by atoms with Gasteiger partial charge in [-0.3, -0.25) is 4.79 Å². The number of nitrogens with one attached hydrogen (secondary N) is 1. The molecule has 0 spiro atoms. The van der Waals surface area contributed by atoms with Crippen molar-refractivity contribution in [1.82, 2.24) is 5.43 Å². The maximum atomic E-state index is 10.5. The van der Waals surface area contributed by atoms with Crippen molar-refractivity contribution in [3.8, 4) is 0 Å². The van der Waals surface area contributed by atoms with Gasteiger partial charge in [0.25, 0.3) is 0 Å². The largest absolute Gasteiger partial charge is 0.274 e. The summed E-state index contributed by atoms with van der Waals surface area (Å²) in [6.45, 7) is 3.72. The fraction of sp³-hybridized carbons (Fsp3) is 0.857. The molecule has 0 aromatic carbocycles. The van der Waals surface area contributed by atoms with Gasteiger partial charge >= 0.3 is 0 Å². The van der Waals surface area contributed by atoms with E-state index in [0.29, 0.717) is 0 Å². The third-order valence-electron chi connectivity index (χ3n) is 2.75. The molecule has 0 aliphatic heterocycles. The number of nitrogens with zero attached hydrogens (tertiary/aromatic N) is 1. The van der Waals surface area contributed by atoms with Gasteiger partial charge < -0.3 is 0 Å². The second kappa shape index (κ2) is 13.2. The molecule has 3 heteroatoms. The van der Waals surface area contributed by atoms with Gasteiger partial charge in [0.05, 0.1) is 0 Å². The Morgan fingerprint density at radius 1 is 1.00 bits per heavy atom. The van der Waals surface area contributed by atoms with Gasteiger partial charge in [-0.05, 0) is 12.8 Å². The molecule has 0 unspecified atom stereocenters. The second-order valence-electron chi connectivity index (χ2n) is 4.60. The summed E-state index contributed by atoms with van der Waals surface area (Å²) < 4.78 is 0. The first-order valence-corrected chi connectivity index (χ1v) is 7.05. The molecule has 0 radical (unpaired) electrons. The smallest absolute Gasteiger partial charge is 0.236 e. The standard InChI is InChI=1S/C14H28N2O/c1-3-4-5-6-7-8-9-10-11-12-13-15-16-14(2)17/h13H,3-12H2,1-2H3,(H,16,17). The minimum absolute atomic E-state index is 0.103. The fourth-order valence-electron chi connectivity index (χ4n) is 1.75. The van der Waals surface area contributed by atoms with Crippen LogP contribution < -0.4 is 5.43 Å². The Morgan fingerprint density at radius 2 is 1.53 bits per heavy atom. The third-order valence-corrected chi connectivity index (χ3v) is 2.75. The Balaban J connectivity index is 3.03. The second-order valence-corrected chi connectivity index (χ2v) is 4.60. The average molecular weight is 240 g/mol. The molecule has 0 saturated carbocycles. The number of rotatable bonds is 11. The van der Waals surface area contributed by atoms with E-state index in [2.05, 4.69) is 17.5 Å². The van der Waals surface area contributed by atoms with E-state index >= 15 is 0 Å². The Bertz CT molecular complexity index is 202. The molecule has 0 saturated heterocycles. The maximum Gasteiger partial charge on any atom is 0.236 e. The van der Waals surface area contributed by atoms with Gasteiger partial charge in [-0.2, -0.15) is 5.10 Å². The molecule has 17 heavy (non-hydrogen) atoms. The van der Waals surface area contributed by atoms with Gasteiger partial charge in [-0.1, -0.05) is 58.3 Å². The first kappa shape index (κ1) is 16.1. The summed E-state index contributed by atoms with van der Waals surface area (Å²) in [5, 5.41) is 3.81. The van der Waals surface area contributed by atoms with Crippen LogP contribution in [0, 0.1) is 0 Å². The molecular formula is C14H28N2O. The number of carbonyl (C=O) groups is 1. The lowest BCUT2D eigenvalue weighted by molar-refractivity contribution is -0.118. The minimum atomic E-state index is -0.103. The number of carbonyl (C=O) groups excluding carboxylic acids is 1. The van der Waals surface area contributed by atoms with Crippen LogP contribution in [0.2, 0.25) is 0 Å². The van der Waals surface area contributed by atoms with Crippen LogP contribution >= 0.6 is 0 Å². The first-order valence-electron chi connectivity index (χ1n) is 7.05. The van der Waals surface area contributed by atoms with Crippen molar-refractivity contribution in [3.05, 3.63) is 0 Å². The predicted octanol–water partition coefficient (Wildman–Crippen LogP) is 4.03. The lowest BCUT2D eigenvalue weighted by Crippen LogP contribution is -2.11. The zero-order valence-corrected chi connectivity index (χ0v) is 11.5. The highest BCUT2D eigenvalue weighted by Gasteiger charge is 1.91. The van der Waals surface area contributed by atoms with Crippen LogP contribution in [0.3, 0.4) is 0 Å². The van der Waals surface area contributed by atoms with Crippen LogP contribution in [0.5, 0.6) is 0 Å². The molecule has 100 valence electrons. The minimum Gasteiger partial charge on any atom is -0.274 e. The average Bonchev–Trinajstić information content (AvgIpc) is 2.30. The number of hydrazone groups is 1. The first-order chi connectivity index (χ1) is 8.27. The molecule has 0 aliphatic carbocycles. The van der Waals surface area contributed by atoms with Gasteiger partial charge in [-0.25, -0.2) is 5.43 Å². The van der Waals surface area contributed by atoms with Crippen LogP contribution in [-0.4, -0.2) is 12.1 Å². The van der Waals surface area contributed by atoms with E-state index in [4.69, 9.17) is 0 Å². The van der Waals surface area contributed by atoms with E-state index in [1.807, 2.05) is 0 Å². The Hall–Kier alpha value is -0.860. The predicted molar refractivity (Wildman–Crippen MR) is 74.2 cm³/mol. The van der Waals surface area contributed by atoms with E-state index in [9.17, 15) is 4.79 Å². The highest BCUT2D eigenvalue weighted by molar-refractivity contribution is 5.73. The van der Waals surface area contributed by atoms with Crippen molar-refractivity contribution >= 4 is 12.1 Å². The molecule has 0 bridgehead atoms. The fourth-order valence-corrected chi connectivity index (χ4v) is 1.75. The van der Waals surface area contributed by atoms with Gasteiger partial charge in [-0.15, -0.1) is 0 Å². The molecule has 0 heterocycles. The number of amides is 1. The summed E-state index contributed by atoms with van der Waals surface area (Å²) in [4.78, 5) is 10.5. The van der Waals surface area contributed by atoms with Gasteiger partial charge in [0, 0.05) is 13.1 Å². The lowest BCUT2D eigenvalue weighted by Gasteiger charge is -2.00. The van der Waals surface area contributed by atoms with Gasteiger partial charge in [0.1, 0.15) is 0 Å². The van der Waals surface area contributed by atoms with Crippen molar-refractivity contribution < 1.29 is 4.79 Å². The molecule has 0 aromatic rings. The molecular weight excluding hydrogens is 212 g/mol. The summed E-state index contributed by atoms with van der Waals surface area (Å²) in [6, 6.07) is 0. The van der Waals surface area contributed by atoms with E-state index in [1.54, 1.807) is 6.21 Å². The van der Waals surface area contributed by atoms with Crippen LogP contribution in [0.25, 0.3) is 0 Å². The Labute approximate surface area is 106 Å². The SMILES string of the molecule is CCCCCCCCCCCC=NNC(C)=O. The molecule has 0 atom stereocenters. The van der Waals surface area contributed by atoms with Crippen molar-refractivity contribution in [3.63, 3.8) is 0 Å². The summed E-state index contributed by atoms with van der Waals surface area (Å²) in [5.41, 5.74) is 2.41. The van der Waals surface area contributed by atoms with E-state index in [-0.39, 0.29) is 5.91 Å². The molecule has 1 amide bonds. The lowest BCUT2D eigenvalue weighted by atomic mass is 10.1. The third kappa shape index (κ3) is 15.1. The van der Waals surface area contributed by atoms with Crippen molar-refractivity contribution in [2.75, 3.05) is 0 Å². The highest BCUT2D eigenvalue weighted by Crippen LogP contribution is 2.09. The zero-order chi connectivity index (χ0) is 12.8. The van der Waals surface area contributed by atoms with Crippen LogP contribution in [0.15, 0.2) is 5.10 Å². The number of hydrogen-bond acceptors (Lipinski definition) is 2. The molecule has 0 rings (SSSR count). The van der Waals surface area contributed by atoms with E-state index < -0.39 is 0 Å². The molecule has 1 N–H and O–H groups in total. The van der Waals surface area contributed by atoms with Gasteiger partial charge in [0.2, 0.25) is 5.91 Å². The number of hydrogen-bond donors (Lipinski definition) is 1. The van der Waals surface area contributed by atoms with Crippen LogP contribution in [0.4, 0.5) is 0 Å². The Kier molecular flexibility index (Phi) is 12.5. The zero-order valence-electron chi connectivity index (χ0n) is 11.5. The van der Waals surface area contributed by atoms with E-state index in [1.165, 1.54) is 64.7 Å². The van der Waals surface area contributed by atoms with Crippen LogP contribution in [-0.2, 0) is 4.79 Å². The van der Waals surface area contributed by atoms with Crippen molar-refractivity contribution in [2.24, 2.45) is 5.10 Å². The monoisotopic (exact) mass is 240 g/mol.